The van der Waals surface area contributed by atoms with Crippen molar-refractivity contribution in [3.8, 4) is 0 Å². The van der Waals surface area contributed by atoms with Crippen molar-refractivity contribution >= 4 is 19.8 Å². The van der Waals surface area contributed by atoms with Gasteiger partial charge < -0.3 is 27.9 Å². The smallest absolute Gasteiger partial charge is 0.306 e. The van der Waals surface area contributed by atoms with Gasteiger partial charge in [-0.3, -0.25) is 14.2 Å². The van der Waals surface area contributed by atoms with Crippen molar-refractivity contribution in [1.29, 1.82) is 0 Å². The first-order valence-corrected chi connectivity index (χ1v) is 41.8. The molecule has 10 heteroatoms. The van der Waals surface area contributed by atoms with Crippen LogP contribution < -0.4 is 4.89 Å². The number of likely N-dealkylation sites (N-methyl/N-ethyl adjacent to an activating group) is 1. The number of esters is 2. The van der Waals surface area contributed by atoms with E-state index in [-0.39, 0.29) is 32.0 Å². The Balaban J connectivity index is 3.95. The number of rotatable bonds is 75. The van der Waals surface area contributed by atoms with Crippen LogP contribution in [-0.4, -0.2) is 70.0 Å². The average Bonchev–Trinajstić information content (AvgIpc) is 1.56. The van der Waals surface area contributed by atoms with Gasteiger partial charge in [0.05, 0.1) is 27.7 Å². The molecule has 0 aliphatic rings. The highest BCUT2D eigenvalue weighted by molar-refractivity contribution is 7.45. The zero-order chi connectivity index (χ0) is 68.3. The number of phosphoric acid groups is 1. The maximum atomic E-state index is 12.9. The summed E-state index contributed by atoms with van der Waals surface area (Å²) in [5, 5.41) is 0. The van der Waals surface area contributed by atoms with Gasteiger partial charge in [0.15, 0.2) is 6.10 Å². The molecule has 94 heavy (non-hydrogen) atoms. The zero-order valence-electron chi connectivity index (χ0n) is 62.7. The minimum absolute atomic E-state index is 0.0307. The van der Waals surface area contributed by atoms with Gasteiger partial charge in [-0.1, -0.05) is 388 Å². The van der Waals surface area contributed by atoms with E-state index >= 15 is 0 Å². The molecule has 2 unspecified atom stereocenters. The molecule has 0 N–H and O–H groups in total. The van der Waals surface area contributed by atoms with Gasteiger partial charge in [-0.05, 0) is 70.6 Å². The van der Waals surface area contributed by atoms with E-state index in [1.54, 1.807) is 0 Å². The summed E-state index contributed by atoms with van der Waals surface area (Å²) >= 11 is 0. The normalized spacial score (nSPS) is 13.5. The summed E-state index contributed by atoms with van der Waals surface area (Å²) in [6.45, 7) is 4.19. The van der Waals surface area contributed by atoms with E-state index < -0.39 is 26.5 Å². The van der Waals surface area contributed by atoms with Crippen LogP contribution in [0.1, 0.15) is 386 Å². The Labute approximate surface area is 583 Å². The topological polar surface area (TPSA) is 111 Å². The minimum atomic E-state index is -4.65. The molecule has 0 heterocycles. The molecule has 0 rings (SSSR count). The molecule has 0 aromatic rings. The highest BCUT2D eigenvalue weighted by atomic mass is 31.2. The Hall–Kier alpha value is -2.81. The summed E-state index contributed by atoms with van der Waals surface area (Å²) in [5.41, 5.74) is 0. The van der Waals surface area contributed by atoms with Crippen molar-refractivity contribution < 1.29 is 42.1 Å². The summed E-state index contributed by atoms with van der Waals surface area (Å²) in [5.74, 6) is -0.816. The van der Waals surface area contributed by atoms with Gasteiger partial charge in [0.25, 0.3) is 7.82 Å². The molecular weight excluding hydrogens is 1180 g/mol. The third kappa shape index (κ3) is 78.2. The first kappa shape index (κ1) is 91.2. The molecule has 0 saturated carbocycles. The van der Waals surface area contributed by atoms with Crippen molar-refractivity contribution in [2.24, 2.45) is 0 Å². The summed E-state index contributed by atoms with van der Waals surface area (Å²) in [6, 6.07) is 0. The van der Waals surface area contributed by atoms with Crippen LogP contribution in [0.25, 0.3) is 0 Å². The molecule has 0 saturated heterocycles. The standard InChI is InChI=1S/C84H154NO8P/c1-6-8-10-12-14-16-18-20-22-24-26-28-30-32-34-36-38-40-41-42-43-45-47-49-51-53-55-57-59-61-63-65-67-69-71-73-75-77-84(87)93-82(81-92-94(88,89)91-79-78-85(3,4)5)80-90-83(86)76-74-72-70-68-66-64-62-60-58-56-54-52-50-48-46-44-39-37-35-33-31-29-27-25-23-21-19-17-15-13-11-9-7-2/h8,10,14,16,20,22,26,28,32,34,38,40,42-43,82H,6-7,9,11-13,15,17-19,21,23-25,27,29-31,33,35-37,39,41,44-81H2,1-5H3/b10-8-,16-14-,22-20-,28-26-,34-32-,40-38-,43-42-. The van der Waals surface area contributed by atoms with Crippen LogP contribution in [-0.2, 0) is 32.7 Å². The largest absolute Gasteiger partial charge is 0.756 e. The minimum Gasteiger partial charge on any atom is -0.756 e. The number of ether oxygens (including phenoxy) is 2. The van der Waals surface area contributed by atoms with Crippen molar-refractivity contribution in [3.63, 3.8) is 0 Å². The van der Waals surface area contributed by atoms with Gasteiger partial charge >= 0.3 is 11.9 Å². The summed E-state index contributed by atoms with van der Waals surface area (Å²) in [7, 11) is 1.18. The van der Waals surface area contributed by atoms with Crippen LogP contribution in [0.5, 0.6) is 0 Å². The van der Waals surface area contributed by atoms with Crippen LogP contribution in [0.4, 0.5) is 0 Å². The lowest BCUT2D eigenvalue weighted by molar-refractivity contribution is -0.870. The number of hydrogen-bond donors (Lipinski definition) is 0. The van der Waals surface area contributed by atoms with Gasteiger partial charge in [0, 0.05) is 12.8 Å². The second kappa shape index (κ2) is 74.4. The Morgan fingerprint density at radius 1 is 0.340 bits per heavy atom. The van der Waals surface area contributed by atoms with E-state index in [0.29, 0.717) is 17.4 Å². The molecule has 0 radical (unpaired) electrons. The van der Waals surface area contributed by atoms with E-state index in [2.05, 4.69) is 98.9 Å². The Kier molecular flexibility index (Phi) is 72.2. The van der Waals surface area contributed by atoms with E-state index in [0.717, 1.165) is 83.5 Å². The number of carbonyl (C=O) groups excluding carboxylic acids is 2. The van der Waals surface area contributed by atoms with Crippen LogP contribution in [0, 0.1) is 0 Å². The van der Waals surface area contributed by atoms with Gasteiger partial charge in [0.1, 0.15) is 19.8 Å². The number of carbonyl (C=O) groups is 2. The second-order valence-electron chi connectivity index (χ2n) is 28.4. The van der Waals surface area contributed by atoms with Crippen LogP contribution in [0.15, 0.2) is 85.1 Å². The summed E-state index contributed by atoms with van der Waals surface area (Å²) in [6.07, 6.45) is 103. The fraction of sp³-hybridized carbons (Fsp3) is 0.810. The molecule has 0 spiro atoms. The van der Waals surface area contributed by atoms with E-state index in [9.17, 15) is 19.0 Å². The van der Waals surface area contributed by atoms with Crippen LogP contribution in [0.3, 0.4) is 0 Å². The van der Waals surface area contributed by atoms with Gasteiger partial charge in [-0.25, -0.2) is 0 Å². The number of unbranched alkanes of at least 4 members (excludes halogenated alkanes) is 47. The molecule has 0 aromatic carbocycles. The molecule has 0 aromatic heterocycles. The van der Waals surface area contributed by atoms with E-state index in [1.807, 2.05) is 21.1 Å². The summed E-state index contributed by atoms with van der Waals surface area (Å²) < 4.78 is 34.4. The van der Waals surface area contributed by atoms with Crippen molar-refractivity contribution in [1.82, 2.24) is 0 Å². The average molecular weight is 1340 g/mol. The highest BCUT2D eigenvalue weighted by Crippen LogP contribution is 2.38. The predicted molar refractivity (Wildman–Crippen MR) is 406 cm³/mol. The summed E-state index contributed by atoms with van der Waals surface area (Å²) in [4.78, 5) is 38.2. The van der Waals surface area contributed by atoms with Crippen molar-refractivity contribution in [2.75, 3.05) is 47.5 Å². The molecule has 548 valence electrons. The highest BCUT2D eigenvalue weighted by Gasteiger charge is 2.22. The number of quaternary nitrogens is 1. The Bertz CT molecular complexity index is 1860. The maximum absolute atomic E-state index is 12.9. The van der Waals surface area contributed by atoms with Crippen molar-refractivity contribution in [2.45, 2.75) is 392 Å². The van der Waals surface area contributed by atoms with Gasteiger partial charge in [-0.15, -0.1) is 0 Å². The molecular formula is C84H154NO8P. The lowest BCUT2D eigenvalue weighted by atomic mass is 10.0. The van der Waals surface area contributed by atoms with Gasteiger partial charge in [-0.2, -0.15) is 0 Å². The fourth-order valence-corrected chi connectivity index (χ4v) is 12.5. The lowest BCUT2D eigenvalue weighted by Crippen LogP contribution is -2.37. The van der Waals surface area contributed by atoms with Crippen LogP contribution in [0.2, 0.25) is 0 Å². The molecule has 2 atom stereocenters. The molecule has 0 aliphatic heterocycles. The monoisotopic (exact) mass is 1340 g/mol. The number of allylic oxidation sites excluding steroid dienone is 14. The number of nitrogens with zero attached hydrogens (tertiary/aromatic N) is 1. The zero-order valence-corrected chi connectivity index (χ0v) is 63.6. The molecule has 0 amide bonds. The van der Waals surface area contributed by atoms with Crippen molar-refractivity contribution in [3.05, 3.63) is 85.1 Å². The van der Waals surface area contributed by atoms with E-state index in [1.165, 1.54) is 270 Å². The van der Waals surface area contributed by atoms with Crippen LogP contribution >= 0.6 is 7.82 Å². The third-order valence-corrected chi connectivity index (χ3v) is 18.9. The SMILES string of the molecule is CC/C=C\C/C=C\C/C=C\C/C=C\C/C=C\C/C=C\C/C=C\CCCCCCCCCCCCCCCCCC(=O)OC(COC(=O)CCCCCCCCCCCCCCCCCCCCCCCCCCCCCCCCCCC)COP(=O)([O-])OCC[N+](C)(C)C. The Morgan fingerprint density at radius 3 is 0.904 bits per heavy atom. The van der Waals surface area contributed by atoms with Gasteiger partial charge in [0.2, 0.25) is 0 Å². The van der Waals surface area contributed by atoms with E-state index in [4.69, 9.17) is 18.5 Å². The second-order valence-corrected chi connectivity index (χ2v) is 29.8. The molecule has 0 aliphatic carbocycles. The quantitative estimate of drug-likeness (QED) is 0.0195. The first-order valence-electron chi connectivity index (χ1n) is 40.3. The maximum Gasteiger partial charge on any atom is 0.306 e. The molecule has 9 nitrogen and oxygen atoms in total. The molecule has 0 fully saturated rings. The third-order valence-electron chi connectivity index (χ3n) is 17.9. The Morgan fingerprint density at radius 2 is 0.606 bits per heavy atom. The molecule has 0 bridgehead atoms. The first-order chi connectivity index (χ1) is 46.0. The fourth-order valence-electron chi connectivity index (χ4n) is 11.8. The predicted octanol–water partition coefficient (Wildman–Crippen LogP) is 26.2. The number of phosphoric ester groups is 1. The number of hydrogen-bond acceptors (Lipinski definition) is 8. The lowest BCUT2D eigenvalue weighted by Gasteiger charge is -2.28.